The molecule has 0 amide bonds. The smallest absolute Gasteiger partial charge is 0.000763 e. The van der Waals surface area contributed by atoms with Crippen LogP contribution >= 0.6 is 0 Å². The normalized spacial score (nSPS) is 12.6. The fraction of sp³-hybridized carbons (Fsp3) is 0. The summed E-state index contributed by atoms with van der Waals surface area (Å²) < 4.78 is 0. The van der Waals surface area contributed by atoms with Gasteiger partial charge in [-0.25, -0.2) is 0 Å². The molecule has 218 valence electrons. The topological polar surface area (TPSA) is 0 Å². The molecule has 0 aliphatic heterocycles. The second-order valence-corrected chi connectivity index (χ2v) is 13.6. The molecule has 0 unspecified atom stereocenters. The lowest BCUT2D eigenvalue weighted by Crippen LogP contribution is -1.89. The van der Waals surface area contributed by atoms with E-state index in [1.807, 2.05) is 0 Å². The van der Waals surface area contributed by atoms with Crippen LogP contribution in [0.5, 0.6) is 0 Å². The molecule has 2 aliphatic carbocycles. The van der Waals surface area contributed by atoms with E-state index in [4.69, 9.17) is 0 Å². The Morgan fingerprint density at radius 3 is 1.46 bits per heavy atom. The molecule has 2 aliphatic rings. The predicted octanol–water partition coefficient (Wildman–Crippen LogP) is 13.6. The maximum Gasteiger partial charge on any atom is -0.000763 e. The van der Waals surface area contributed by atoms with Gasteiger partial charge in [-0.05, 0) is 145 Å². The van der Waals surface area contributed by atoms with Crippen LogP contribution < -0.4 is 0 Å². The molecule has 0 bridgehead atoms. The standard InChI is InChI=1S/C48H26/c1-2-9-28(10-3-1)46-34-14-5-4-13-31(34)35-17-8-18-38-43-26-40-30(24-44(43)48(46)47(35)38)20-22-32-33(40)21-19-29-23-41-36-15-6-11-27-12-7-16-37(45(27)36)42(41)25-39(29)32/h1-26H. The fourth-order valence-corrected chi connectivity index (χ4v) is 9.28. The van der Waals surface area contributed by atoms with Gasteiger partial charge in [-0.15, -0.1) is 0 Å². The molecule has 48 heavy (non-hydrogen) atoms. The lowest BCUT2D eigenvalue weighted by molar-refractivity contribution is 1.66. The summed E-state index contributed by atoms with van der Waals surface area (Å²) in [6.45, 7) is 0. The van der Waals surface area contributed by atoms with Gasteiger partial charge in [-0.3, -0.25) is 0 Å². The van der Waals surface area contributed by atoms with Gasteiger partial charge in [0.25, 0.3) is 0 Å². The van der Waals surface area contributed by atoms with Gasteiger partial charge in [0.1, 0.15) is 0 Å². The van der Waals surface area contributed by atoms with Crippen LogP contribution in [0.1, 0.15) is 0 Å². The quantitative estimate of drug-likeness (QED) is 0.164. The molecule has 0 nitrogen and oxygen atoms in total. The first kappa shape index (κ1) is 24.9. The van der Waals surface area contributed by atoms with Crippen LogP contribution in [0.4, 0.5) is 0 Å². The van der Waals surface area contributed by atoms with Gasteiger partial charge in [0.2, 0.25) is 0 Å². The van der Waals surface area contributed by atoms with Gasteiger partial charge >= 0.3 is 0 Å². The van der Waals surface area contributed by atoms with Crippen LogP contribution in [-0.2, 0) is 0 Å². The van der Waals surface area contributed by atoms with Crippen molar-refractivity contribution < 1.29 is 0 Å². The van der Waals surface area contributed by atoms with E-state index in [1.54, 1.807) is 0 Å². The van der Waals surface area contributed by atoms with Gasteiger partial charge in [-0.1, -0.05) is 133 Å². The molecule has 12 rings (SSSR count). The minimum Gasteiger partial charge on any atom is -0.0622 e. The summed E-state index contributed by atoms with van der Waals surface area (Å²) in [6.07, 6.45) is 0. The van der Waals surface area contributed by atoms with Gasteiger partial charge in [0, 0.05) is 0 Å². The third-order valence-electron chi connectivity index (χ3n) is 11.3. The summed E-state index contributed by atoms with van der Waals surface area (Å²) in [4.78, 5) is 0. The van der Waals surface area contributed by atoms with Crippen molar-refractivity contribution in [1.82, 2.24) is 0 Å². The van der Waals surface area contributed by atoms with Crippen molar-refractivity contribution in [3.8, 4) is 55.6 Å². The molecule has 0 saturated carbocycles. The third kappa shape index (κ3) is 3.01. The van der Waals surface area contributed by atoms with Crippen LogP contribution in [-0.4, -0.2) is 0 Å². The number of rotatable bonds is 1. The number of fused-ring (bicyclic) bond motifs is 13. The van der Waals surface area contributed by atoms with Crippen LogP contribution in [0.15, 0.2) is 158 Å². The third-order valence-corrected chi connectivity index (χ3v) is 11.3. The molecule has 10 aromatic rings. The molecule has 10 aromatic carbocycles. The highest BCUT2D eigenvalue weighted by Crippen LogP contribution is 2.56. The highest BCUT2D eigenvalue weighted by molar-refractivity contribution is 6.31. The van der Waals surface area contributed by atoms with Crippen molar-refractivity contribution in [2.45, 2.75) is 0 Å². The zero-order chi connectivity index (χ0) is 31.1. The Balaban J connectivity index is 1.16. The second kappa shape index (κ2) is 8.76. The predicted molar refractivity (Wildman–Crippen MR) is 206 cm³/mol. The molecule has 0 saturated heterocycles. The zero-order valence-electron chi connectivity index (χ0n) is 26.0. The second-order valence-electron chi connectivity index (χ2n) is 13.6. The van der Waals surface area contributed by atoms with E-state index in [1.165, 1.54) is 120 Å². The van der Waals surface area contributed by atoms with Crippen molar-refractivity contribution in [1.29, 1.82) is 0 Å². The van der Waals surface area contributed by atoms with E-state index in [0.29, 0.717) is 0 Å². The molecule has 0 fully saturated rings. The Kier molecular flexibility index (Phi) is 4.55. The Morgan fingerprint density at radius 1 is 0.229 bits per heavy atom. The average Bonchev–Trinajstić information content (AvgIpc) is 3.64. The Hall–Kier alpha value is -6.24. The molecule has 0 aromatic heterocycles. The summed E-state index contributed by atoms with van der Waals surface area (Å²) in [5.41, 5.74) is 13.4. The Morgan fingerprint density at radius 2 is 0.750 bits per heavy atom. The SMILES string of the molecule is c1ccc(-c2c3c4c(cccc4c4ccccc24)-c2cc4c(ccc5c6cc7c(cc6ccc45)-c4cccc5cccc-7c45)cc2-3)cc1. The minimum atomic E-state index is 1.27. The summed E-state index contributed by atoms with van der Waals surface area (Å²) in [7, 11) is 0. The van der Waals surface area contributed by atoms with Crippen molar-refractivity contribution >= 4 is 64.6 Å². The first-order chi connectivity index (χ1) is 23.8. The first-order valence-electron chi connectivity index (χ1n) is 16.9. The van der Waals surface area contributed by atoms with Crippen molar-refractivity contribution in [2.75, 3.05) is 0 Å². The molecule has 0 N–H and O–H groups in total. The molecular weight excluding hydrogens is 577 g/mol. The van der Waals surface area contributed by atoms with Crippen LogP contribution in [0, 0.1) is 0 Å². The molecule has 0 heteroatoms. The summed E-state index contributed by atoms with van der Waals surface area (Å²) >= 11 is 0. The largest absolute Gasteiger partial charge is 0.0622 e. The van der Waals surface area contributed by atoms with E-state index in [2.05, 4.69) is 158 Å². The molecular formula is C48H26. The Bertz CT molecular complexity index is 3080. The number of benzene rings is 10. The maximum absolute atomic E-state index is 2.48. The summed E-state index contributed by atoms with van der Waals surface area (Å²) in [6, 6.07) is 59.4. The van der Waals surface area contributed by atoms with Crippen LogP contribution in [0.25, 0.3) is 120 Å². The van der Waals surface area contributed by atoms with Crippen molar-refractivity contribution in [3.63, 3.8) is 0 Å². The average molecular weight is 603 g/mol. The lowest BCUT2D eigenvalue weighted by atomic mass is 9.87. The van der Waals surface area contributed by atoms with Gasteiger partial charge in [-0.2, -0.15) is 0 Å². The summed E-state index contributed by atoms with van der Waals surface area (Å²) in [5.74, 6) is 0. The first-order valence-corrected chi connectivity index (χ1v) is 16.9. The van der Waals surface area contributed by atoms with Gasteiger partial charge < -0.3 is 0 Å². The number of hydrogen-bond acceptors (Lipinski definition) is 0. The van der Waals surface area contributed by atoms with Crippen molar-refractivity contribution in [3.05, 3.63) is 158 Å². The van der Waals surface area contributed by atoms with E-state index in [0.717, 1.165) is 0 Å². The van der Waals surface area contributed by atoms with Crippen LogP contribution in [0.3, 0.4) is 0 Å². The molecule has 0 spiro atoms. The number of hydrogen-bond donors (Lipinski definition) is 0. The van der Waals surface area contributed by atoms with E-state index in [-0.39, 0.29) is 0 Å². The molecule has 0 atom stereocenters. The van der Waals surface area contributed by atoms with Crippen molar-refractivity contribution in [2.24, 2.45) is 0 Å². The highest BCUT2D eigenvalue weighted by atomic mass is 14.3. The van der Waals surface area contributed by atoms with E-state index in [9.17, 15) is 0 Å². The monoisotopic (exact) mass is 602 g/mol. The highest BCUT2D eigenvalue weighted by Gasteiger charge is 2.28. The van der Waals surface area contributed by atoms with Crippen LogP contribution in [0.2, 0.25) is 0 Å². The maximum atomic E-state index is 2.48. The minimum absolute atomic E-state index is 1.27. The van der Waals surface area contributed by atoms with E-state index < -0.39 is 0 Å². The fourth-order valence-electron chi connectivity index (χ4n) is 9.28. The van der Waals surface area contributed by atoms with Gasteiger partial charge in [0.05, 0.1) is 0 Å². The van der Waals surface area contributed by atoms with Gasteiger partial charge in [0.15, 0.2) is 0 Å². The molecule has 0 radical (unpaired) electrons. The summed E-state index contributed by atoms with van der Waals surface area (Å²) in [5, 5.41) is 15.9. The zero-order valence-corrected chi connectivity index (χ0v) is 26.0. The lowest BCUT2D eigenvalue weighted by Gasteiger charge is -2.16. The van der Waals surface area contributed by atoms with E-state index >= 15 is 0 Å². The Labute approximate surface area is 277 Å². The molecule has 0 heterocycles.